The quantitative estimate of drug-likeness (QED) is 0.552. The Kier molecular flexibility index (Phi) is 4.55. The summed E-state index contributed by atoms with van der Waals surface area (Å²) in [5.74, 6) is 0.845. The fourth-order valence-electron chi connectivity index (χ4n) is 3.82. The molecule has 2 aromatic carbocycles. The minimum Gasteiger partial charge on any atom is -0.497 e. The number of benzene rings is 2. The minimum atomic E-state index is 0.468. The van der Waals surface area contributed by atoms with Gasteiger partial charge in [-0.1, -0.05) is 6.92 Å². The molecule has 26 heavy (non-hydrogen) atoms. The van der Waals surface area contributed by atoms with Crippen LogP contribution in [0.2, 0.25) is 0 Å². The van der Waals surface area contributed by atoms with Crippen LogP contribution in [0.3, 0.4) is 0 Å². The molecular formula is C21H26N4O. The van der Waals surface area contributed by atoms with Gasteiger partial charge in [-0.2, -0.15) is 0 Å². The monoisotopic (exact) mass is 350 g/mol. The fraction of sp³-hybridized carbons (Fsp3) is 0.381. The van der Waals surface area contributed by atoms with Crippen LogP contribution < -0.4 is 15.8 Å². The van der Waals surface area contributed by atoms with E-state index in [1.165, 1.54) is 0 Å². The number of ether oxygens (including phenoxy) is 1. The maximum Gasteiger partial charge on any atom is 0.119 e. The molecule has 5 heteroatoms. The van der Waals surface area contributed by atoms with Crippen molar-refractivity contribution >= 4 is 33.2 Å². The molecular weight excluding hydrogens is 324 g/mol. The van der Waals surface area contributed by atoms with E-state index in [-0.39, 0.29) is 0 Å². The van der Waals surface area contributed by atoms with E-state index in [1.807, 2.05) is 24.3 Å². The highest BCUT2D eigenvalue weighted by Crippen LogP contribution is 2.35. The Balaban J connectivity index is 1.80. The number of fused-ring (bicyclic) bond motifs is 2. The lowest BCUT2D eigenvalue weighted by Gasteiger charge is -2.32. The lowest BCUT2D eigenvalue weighted by atomic mass is 10.0. The zero-order valence-electron chi connectivity index (χ0n) is 15.5. The van der Waals surface area contributed by atoms with Gasteiger partial charge < -0.3 is 20.7 Å². The Morgan fingerprint density at radius 1 is 1.12 bits per heavy atom. The maximum absolute atomic E-state index is 5.99. The van der Waals surface area contributed by atoms with Gasteiger partial charge in [0.1, 0.15) is 5.75 Å². The Hall–Kier alpha value is -2.53. The Morgan fingerprint density at radius 3 is 2.65 bits per heavy atom. The fourth-order valence-corrected chi connectivity index (χ4v) is 3.82. The number of methoxy groups -OCH3 is 1. The zero-order valence-corrected chi connectivity index (χ0v) is 15.5. The van der Waals surface area contributed by atoms with Crippen LogP contribution in [0.25, 0.3) is 21.8 Å². The summed E-state index contributed by atoms with van der Waals surface area (Å²) in [5, 5.41) is 6.03. The second-order valence-electron chi connectivity index (χ2n) is 7.00. The summed E-state index contributed by atoms with van der Waals surface area (Å²) in [6.07, 6.45) is 2.30. The minimum absolute atomic E-state index is 0.468. The van der Waals surface area contributed by atoms with Gasteiger partial charge in [0.15, 0.2) is 0 Å². The average molecular weight is 350 g/mol. The first-order chi connectivity index (χ1) is 12.7. The van der Waals surface area contributed by atoms with E-state index in [0.717, 1.165) is 71.4 Å². The van der Waals surface area contributed by atoms with Crippen molar-refractivity contribution in [3.63, 3.8) is 0 Å². The summed E-state index contributed by atoms with van der Waals surface area (Å²) in [7, 11) is 1.70. The molecule has 0 bridgehead atoms. The number of likely N-dealkylation sites (tertiary alicyclic amines) is 1. The molecule has 0 saturated carbocycles. The van der Waals surface area contributed by atoms with E-state index in [9.17, 15) is 0 Å². The van der Waals surface area contributed by atoms with Gasteiger partial charge >= 0.3 is 0 Å². The third kappa shape index (κ3) is 3.15. The van der Waals surface area contributed by atoms with Crippen molar-refractivity contribution < 1.29 is 4.74 Å². The molecule has 1 saturated heterocycles. The van der Waals surface area contributed by atoms with Crippen LogP contribution in [0.5, 0.6) is 5.75 Å². The third-order valence-corrected chi connectivity index (χ3v) is 5.39. The maximum atomic E-state index is 5.99. The molecule has 3 aromatic rings. The van der Waals surface area contributed by atoms with Gasteiger partial charge in [0, 0.05) is 35.6 Å². The number of pyridine rings is 1. The second kappa shape index (κ2) is 7.00. The molecule has 3 N–H and O–H groups in total. The highest BCUT2D eigenvalue weighted by Gasteiger charge is 2.20. The first-order valence-electron chi connectivity index (χ1n) is 9.34. The van der Waals surface area contributed by atoms with E-state index in [1.54, 1.807) is 7.11 Å². The summed E-state index contributed by atoms with van der Waals surface area (Å²) in [4.78, 5) is 7.31. The molecule has 5 nitrogen and oxygen atoms in total. The SMILES string of the molecule is CCN1CCC(Nc2c3ccc(N)cc3nc3ccc(OC)cc23)CC1. The molecule has 1 aliphatic rings. The molecule has 2 heterocycles. The van der Waals surface area contributed by atoms with Gasteiger partial charge in [-0.05, 0) is 55.8 Å². The molecule has 0 aliphatic carbocycles. The van der Waals surface area contributed by atoms with Crippen molar-refractivity contribution in [2.75, 3.05) is 37.8 Å². The van der Waals surface area contributed by atoms with Crippen molar-refractivity contribution in [3.8, 4) is 5.75 Å². The molecule has 0 atom stereocenters. The summed E-state index contributed by atoms with van der Waals surface area (Å²) < 4.78 is 5.44. The number of nitrogen functional groups attached to an aromatic ring is 1. The number of nitrogens with two attached hydrogens (primary N) is 1. The number of aromatic nitrogens is 1. The highest BCUT2D eigenvalue weighted by atomic mass is 16.5. The van der Waals surface area contributed by atoms with Crippen molar-refractivity contribution in [3.05, 3.63) is 36.4 Å². The predicted molar refractivity (Wildman–Crippen MR) is 109 cm³/mol. The van der Waals surface area contributed by atoms with Crippen molar-refractivity contribution in [2.45, 2.75) is 25.8 Å². The summed E-state index contributed by atoms with van der Waals surface area (Å²) in [6.45, 7) is 5.65. The van der Waals surface area contributed by atoms with E-state index >= 15 is 0 Å². The van der Waals surface area contributed by atoms with E-state index in [4.69, 9.17) is 15.5 Å². The van der Waals surface area contributed by atoms with Crippen molar-refractivity contribution in [1.82, 2.24) is 9.88 Å². The van der Waals surface area contributed by atoms with Crippen LogP contribution >= 0.6 is 0 Å². The van der Waals surface area contributed by atoms with Gasteiger partial charge in [-0.25, -0.2) is 4.98 Å². The van der Waals surface area contributed by atoms with E-state index < -0.39 is 0 Å². The number of anilines is 2. The number of nitrogens with one attached hydrogen (secondary N) is 1. The van der Waals surface area contributed by atoms with Gasteiger partial charge in [0.25, 0.3) is 0 Å². The first kappa shape index (κ1) is 16.9. The summed E-state index contributed by atoms with van der Waals surface area (Å²) in [6, 6.07) is 12.5. The molecule has 1 fully saturated rings. The lowest BCUT2D eigenvalue weighted by Crippen LogP contribution is -2.38. The molecule has 1 aliphatic heterocycles. The van der Waals surface area contributed by atoms with Crippen LogP contribution in [0.1, 0.15) is 19.8 Å². The summed E-state index contributed by atoms with van der Waals surface area (Å²) in [5.41, 5.74) is 9.75. The topological polar surface area (TPSA) is 63.4 Å². The van der Waals surface area contributed by atoms with Crippen molar-refractivity contribution in [2.24, 2.45) is 0 Å². The number of piperidine rings is 1. The average Bonchev–Trinajstić information content (AvgIpc) is 2.67. The van der Waals surface area contributed by atoms with Gasteiger partial charge in [0.05, 0.1) is 23.8 Å². The Bertz CT molecular complexity index is 932. The zero-order chi connectivity index (χ0) is 18.1. The molecule has 0 unspecified atom stereocenters. The highest BCUT2D eigenvalue weighted by molar-refractivity contribution is 6.08. The largest absolute Gasteiger partial charge is 0.497 e. The van der Waals surface area contributed by atoms with Crippen LogP contribution in [0.15, 0.2) is 36.4 Å². The molecule has 0 radical (unpaired) electrons. The van der Waals surface area contributed by atoms with Gasteiger partial charge in [0.2, 0.25) is 0 Å². The van der Waals surface area contributed by atoms with Crippen LogP contribution in [-0.2, 0) is 0 Å². The third-order valence-electron chi connectivity index (χ3n) is 5.39. The van der Waals surface area contributed by atoms with E-state index in [2.05, 4.69) is 29.3 Å². The number of rotatable bonds is 4. The molecule has 0 spiro atoms. The van der Waals surface area contributed by atoms with Crippen LogP contribution in [0, 0.1) is 0 Å². The van der Waals surface area contributed by atoms with E-state index in [0.29, 0.717) is 6.04 Å². The number of hydrogen-bond donors (Lipinski definition) is 2. The molecule has 136 valence electrons. The normalized spacial score (nSPS) is 16.2. The standard InChI is InChI=1S/C21H26N4O/c1-3-25-10-8-15(9-11-25)23-21-17-6-4-14(22)12-20(17)24-19-7-5-16(26-2)13-18(19)21/h4-7,12-13,15H,3,8-11,22H2,1-2H3,(H,23,24). The van der Waals surface area contributed by atoms with Gasteiger partial charge in [-0.3, -0.25) is 0 Å². The smallest absolute Gasteiger partial charge is 0.119 e. The van der Waals surface area contributed by atoms with Crippen LogP contribution in [-0.4, -0.2) is 42.7 Å². The summed E-state index contributed by atoms with van der Waals surface area (Å²) >= 11 is 0. The van der Waals surface area contributed by atoms with Gasteiger partial charge in [-0.15, -0.1) is 0 Å². The predicted octanol–water partition coefficient (Wildman–Crippen LogP) is 3.88. The van der Waals surface area contributed by atoms with Crippen LogP contribution in [0.4, 0.5) is 11.4 Å². The van der Waals surface area contributed by atoms with Crippen molar-refractivity contribution in [1.29, 1.82) is 0 Å². The second-order valence-corrected chi connectivity index (χ2v) is 7.00. The Morgan fingerprint density at radius 2 is 1.92 bits per heavy atom. The molecule has 0 amide bonds. The molecule has 4 rings (SSSR count). The lowest BCUT2D eigenvalue weighted by molar-refractivity contribution is 0.230. The first-order valence-corrected chi connectivity index (χ1v) is 9.34. The Labute approximate surface area is 154 Å². The molecule has 1 aromatic heterocycles. The number of nitrogens with zero attached hydrogens (tertiary/aromatic N) is 2. The number of hydrogen-bond acceptors (Lipinski definition) is 5.